The third-order valence-corrected chi connectivity index (χ3v) is 7.43. The molecular formula is C34H44F2N2O3. The first-order valence-corrected chi connectivity index (χ1v) is 14.7. The minimum absolute atomic E-state index is 0.111. The second kappa shape index (κ2) is 16.3. The average molecular weight is 567 g/mol. The van der Waals surface area contributed by atoms with Crippen molar-refractivity contribution < 1.29 is 23.4 Å². The second-order valence-electron chi connectivity index (χ2n) is 10.8. The molecule has 5 nitrogen and oxygen atoms in total. The summed E-state index contributed by atoms with van der Waals surface area (Å²) in [5, 5.41) is 14.4. The van der Waals surface area contributed by atoms with Gasteiger partial charge in [-0.05, 0) is 78.1 Å². The summed E-state index contributed by atoms with van der Waals surface area (Å²) >= 11 is 0. The molecule has 0 aromatic heterocycles. The lowest BCUT2D eigenvalue weighted by Gasteiger charge is -2.26. The van der Waals surface area contributed by atoms with Gasteiger partial charge in [0.2, 0.25) is 0 Å². The number of nitrogens with two attached hydrogens (primary N) is 1. The zero-order chi connectivity index (χ0) is 29.8. The summed E-state index contributed by atoms with van der Waals surface area (Å²) in [6.07, 6.45) is 3.32. The molecule has 1 unspecified atom stereocenters. The number of aryl methyl sites for hydroxylation is 1. The number of rotatable bonds is 16. The van der Waals surface area contributed by atoms with E-state index in [4.69, 9.17) is 10.5 Å². The van der Waals surface area contributed by atoms with Gasteiger partial charge in [0.05, 0.1) is 11.7 Å². The quantitative estimate of drug-likeness (QED) is 0.169. The van der Waals surface area contributed by atoms with Crippen molar-refractivity contribution in [2.45, 2.75) is 84.1 Å². The molecule has 0 heterocycles. The van der Waals surface area contributed by atoms with Crippen LogP contribution in [0.4, 0.5) is 8.78 Å². The Morgan fingerprint density at radius 1 is 0.902 bits per heavy atom. The molecule has 0 amide bonds. The summed E-state index contributed by atoms with van der Waals surface area (Å²) in [5.74, 6) is -1.83. The fourth-order valence-electron chi connectivity index (χ4n) is 5.26. The molecule has 0 aliphatic carbocycles. The van der Waals surface area contributed by atoms with Gasteiger partial charge in [0.1, 0.15) is 17.7 Å². The van der Waals surface area contributed by atoms with Gasteiger partial charge in [-0.3, -0.25) is 0 Å². The van der Waals surface area contributed by atoms with E-state index in [1.54, 1.807) is 18.2 Å². The van der Waals surface area contributed by atoms with Crippen LogP contribution in [0.15, 0.2) is 66.7 Å². The molecule has 3 aromatic carbocycles. The standard InChI is InChI=1S/C34H44F2N2O3/c1-4-9-26(10-5-2)33(39)27-13-8-14-28(19-27)34(40)41-32(22-38-21-24-12-7-11-23(6-3)15-24)31(37)18-25-16-29(35)20-30(36)17-25/h7-8,11-17,19-20,26,31-33,38-39H,4-6,9-10,18,21-22,37H2,1-3H3/t31-,32+,33?/m0/s1. The maximum Gasteiger partial charge on any atom is 0.338 e. The van der Waals surface area contributed by atoms with E-state index in [1.807, 2.05) is 18.2 Å². The second-order valence-corrected chi connectivity index (χ2v) is 10.8. The minimum atomic E-state index is -0.773. The molecule has 3 atom stereocenters. The van der Waals surface area contributed by atoms with Gasteiger partial charge in [-0.1, -0.05) is 70.0 Å². The van der Waals surface area contributed by atoms with Gasteiger partial charge < -0.3 is 20.9 Å². The minimum Gasteiger partial charge on any atom is -0.456 e. The SMILES string of the molecule is CCCC(CCC)C(O)c1cccc(C(=O)O[C@H](CNCc2cccc(CC)c2)[C@@H](N)Cc2cc(F)cc(F)c2)c1. The van der Waals surface area contributed by atoms with Crippen LogP contribution in [0.2, 0.25) is 0 Å². The predicted octanol–water partition coefficient (Wildman–Crippen LogP) is 6.66. The summed E-state index contributed by atoms with van der Waals surface area (Å²) in [7, 11) is 0. The fraction of sp³-hybridized carbons (Fsp3) is 0.441. The number of benzene rings is 3. The molecule has 0 bridgehead atoms. The number of aliphatic hydroxyl groups excluding tert-OH is 1. The number of ether oxygens (including phenoxy) is 1. The van der Waals surface area contributed by atoms with E-state index in [2.05, 4.69) is 38.2 Å². The number of halogens is 2. The van der Waals surface area contributed by atoms with Crippen LogP contribution in [0.1, 0.15) is 85.2 Å². The molecular weight excluding hydrogens is 522 g/mol. The van der Waals surface area contributed by atoms with Crippen LogP contribution in [0.25, 0.3) is 0 Å². The third-order valence-electron chi connectivity index (χ3n) is 7.43. The smallest absolute Gasteiger partial charge is 0.338 e. The van der Waals surface area contributed by atoms with Gasteiger partial charge in [0.25, 0.3) is 0 Å². The Morgan fingerprint density at radius 2 is 1.56 bits per heavy atom. The van der Waals surface area contributed by atoms with Crippen molar-refractivity contribution in [1.29, 1.82) is 0 Å². The van der Waals surface area contributed by atoms with Gasteiger partial charge >= 0.3 is 5.97 Å². The largest absolute Gasteiger partial charge is 0.456 e. The topological polar surface area (TPSA) is 84.6 Å². The summed E-state index contributed by atoms with van der Waals surface area (Å²) < 4.78 is 33.5. The molecule has 0 aliphatic heterocycles. The Bertz CT molecular complexity index is 1230. The molecule has 3 aromatic rings. The van der Waals surface area contributed by atoms with Crippen LogP contribution in [-0.4, -0.2) is 29.8 Å². The van der Waals surface area contributed by atoms with E-state index < -0.39 is 35.9 Å². The van der Waals surface area contributed by atoms with Crippen molar-refractivity contribution in [2.24, 2.45) is 11.7 Å². The molecule has 222 valence electrons. The van der Waals surface area contributed by atoms with Gasteiger partial charge in [-0.25, -0.2) is 13.6 Å². The first-order chi connectivity index (χ1) is 19.7. The Balaban J connectivity index is 1.76. The lowest BCUT2D eigenvalue weighted by Crippen LogP contribution is -2.46. The molecule has 3 rings (SSSR count). The van der Waals surface area contributed by atoms with Crippen LogP contribution in [-0.2, 0) is 24.1 Å². The van der Waals surface area contributed by atoms with Gasteiger partial charge in [0, 0.05) is 25.2 Å². The lowest BCUT2D eigenvalue weighted by molar-refractivity contribution is 0.0237. The molecule has 4 N–H and O–H groups in total. The first-order valence-electron chi connectivity index (χ1n) is 14.7. The van der Waals surface area contributed by atoms with Gasteiger partial charge in [-0.2, -0.15) is 0 Å². The van der Waals surface area contributed by atoms with E-state index in [1.165, 1.54) is 17.7 Å². The zero-order valence-electron chi connectivity index (χ0n) is 24.4. The zero-order valence-corrected chi connectivity index (χ0v) is 24.4. The highest BCUT2D eigenvalue weighted by Crippen LogP contribution is 2.30. The van der Waals surface area contributed by atoms with Crippen LogP contribution in [0.5, 0.6) is 0 Å². The number of nitrogens with one attached hydrogen (secondary N) is 1. The molecule has 0 saturated heterocycles. The highest BCUT2D eigenvalue weighted by molar-refractivity contribution is 5.89. The van der Waals surface area contributed by atoms with Crippen molar-refractivity contribution >= 4 is 5.97 Å². The van der Waals surface area contributed by atoms with E-state index >= 15 is 0 Å². The van der Waals surface area contributed by atoms with Crippen molar-refractivity contribution in [1.82, 2.24) is 5.32 Å². The number of hydrogen-bond acceptors (Lipinski definition) is 5. The van der Waals surface area contributed by atoms with Crippen molar-refractivity contribution in [2.75, 3.05) is 6.54 Å². The van der Waals surface area contributed by atoms with Crippen LogP contribution in [0.3, 0.4) is 0 Å². The molecule has 0 spiro atoms. The summed E-state index contributed by atoms with van der Waals surface area (Å²) in [4.78, 5) is 13.3. The first kappa shape index (κ1) is 32.4. The average Bonchev–Trinajstić information content (AvgIpc) is 2.95. The molecule has 41 heavy (non-hydrogen) atoms. The van der Waals surface area contributed by atoms with Crippen LogP contribution in [0, 0.1) is 17.6 Å². The predicted molar refractivity (Wildman–Crippen MR) is 159 cm³/mol. The highest BCUT2D eigenvalue weighted by Gasteiger charge is 2.25. The Morgan fingerprint density at radius 3 is 2.22 bits per heavy atom. The molecule has 0 fully saturated rings. The van der Waals surface area contributed by atoms with E-state index in [0.717, 1.165) is 43.7 Å². The summed E-state index contributed by atoms with van der Waals surface area (Å²) in [6, 6.07) is 17.7. The highest BCUT2D eigenvalue weighted by atomic mass is 19.1. The van der Waals surface area contributed by atoms with Crippen LogP contribution < -0.4 is 11.1 Å². The molecule has 0 aliphatic rings. The summed E-state index contributed by atoms with van der Waals surface area (Å²) in [6.45, 7) is 7.08. The Labute approximate surface area is 243 Å². The van der Waals surface area contributed by atoms with Crippen LogP contribution >= 0.6 is 0 Å². The number of carbonyl (C=O) groups excluding carboxylic acids is 1. The van der Waals surface area contributed by atoms with Gasteiger partial charge in [-0.15, -0.1) is 0 Å². The van der Waals surface area contributed by atoms with E-state index in [0.29, 0.717) is 23.2 Å². The maximum atomic E-state index is 13.8. The normalized spacial score (nSPS) is 13.7. The molecule has 7 heteroatoms. The maximum absolute atomic E-state index is 13.8. The fourth-order valence-corrected chi connectivity index (χ4v) is 5.26. The van der Waals surface area contributed by atoms with Crippen molar-refractivity contribution in [3.63, 3.8) is 0 Å². The third kappa shape index (κ3) is 10.0. The number of hydrogen-bond donors (Lipinski definition) is 3. The molecule has 0 saturated carbocycles. The molecule has 0 radical (unpaired) electrons. The number of carbonyl (C=O) groups is 1. The monoisotopic (exact) mass is 566 g/mol. The van der Waals surface area contributed by atoms with Crippen molar-refractivity contribution in [3.05, 3.63) is 106 Å². The Hall–Kier alpha value is -3.13. The number of aliphatic hydroxyl groups is 1. The number of esters is 1. The van der Waals surface area contributed by atoms with E-state index in [-0.39, 0.29) is 18.9 Å². The van der Waals surface area contributed by atoms with E-state index in [9.17, 15) is 18.7 Å². The summed E-state index contributed by atoms with van der Waals surface area (Å²) in [5.41, 5.74) is 10.2. The Kier molecular flexibility index (Phi) is 12.9. The van der Waals surface area contributed by atoms with Crippen molar-refractivity contribution in [3.8, 4) is 0 Å². The lowest BCUT2D eigenvalue weighted by atomic mass is 9.88. The van der Waals surface area contributed by atoms with Gasteiger partial charge in [0.15, 0.2) is 0 Å².